The number of aromatic amines is 1. The predicted octanol–water partition coefficient (Wildman–Crippen LogP) is 3.19. The number of nitrogens with zero attached hydrogens (tertiary/aromatic N) is 1. The van der Waals surface area contributed by atoms with Crippen LogP contribution in [0.1, 0.15) is 25.3 Å². The maximum atomic E-state index is 4.24. The molecule has 2 aromatic carbocycles. The Morgan fingerprint density at radius 2 is 1.79 bits per heavy atom. The first-order valence-electron chi connectivity index (χ1n) is 8.62. The van der Waals surface area contributed by atoms with Crippen LogP contribution in [0.2, 0.25) is 6.32 Å². The van der Waals surface area contributed by atoms with Crippen molar-refractivity contribution in [3.63, 3.8) is 0 Å². The smallest absolute Gasteiger partial charge is 0.105 e. The van der Waals surface area contributed by atoms with Crippen molar-refractivity contribution in [2.75, 3.05) is 0 Å². The van der Waals surface area contributed by atoms with Crippen LogP contribution in [0.4, 0.5) is 0 Å². The highest BCUT2D eigenvalue weighted by molar-refractivity contribution is 7.11. The maximum absolute atomic E-state index is 4.24. The van der Waals surface area contributed by atoms with Gasteiger partial charge in [0.1, 0.15) is 6.15 Å². The van der Waals surface area contributed by atoms with Gasteiger partial charge in [0.05, 0.1) is 0 Å². The zero-order chi connectivity index (χ0) is 17.0. The average molecular weight is 315 g/mol. The fourth-order valence-electron chi connectivity index (χ4n) is 3.75. The SMILES string of the molecule is C=CC[B-](c1ccccc1)(c1cccc(C(C)C)c1)c1ccn[nH]1. The van der Waals surface area contributed by atoms with Gasteiger partial charge in [-0.25, -0.2) is 0 Å². The van der Waals surface area contributed by atoms with Crippen molar-refractivity contribution in [2.45, 2.75) is 26.1 Å². The molecular weight excluding hydrogens is 291 g/mol. The first-order chi connectivity index (χ1) is 11.7. The van der Waals surface area contributed by atoms with Crippen LogP contribution in [0.3, 0.4) is 0 Å². The Hall–Kier alpha value is -2.55. The van der Waals surface area contributed by atoms with E-state index in [4.69, 9.17) is 0 Å². The molecule has 3 rings (SSSR count). The van der Waals surface area contributed by atoms with Crippen molar-refractivity contribution in [2.24, 2.45) is 0 Å². The van der Waals surface area contributed by atoms with Crippen LogP contribution in [0.25, 0.3) is 0 Å². The van der Waals surface area contributed by atoms with E-state index in [0.717, 1.165) is 11.9 Å². The molecule has 0 aliphatic heterocycles. The van der Waals surface area contributed by atoms with Crippen molar-refractivity contribution in [1.82, 2.24) is 10.2 Å². The molecule has 1 N–H and O–H groups in total. The van der Waals surface area contributed by atoms with Crippen LogP contribution in [0.15, 0.2) is 79.5 Å². The third-order valence-electron chi connectivity index (χ3n) is 5.09. The van der Waals surface area contributed by atoms with Gasteiger partial charge in [0, 0.05) is 6.20 Å². The van der Waals surface area contributed by atoms with Gasteiger partial charge in [0.2, 0.25) is 0 Å². The summed E-state index contributed by atoms with van der Waals surface area (Å²) in [6, 6.07) is 21.8. The Bertz CT molecular complexity index is 794. The second-order valence-electron chi connectivity index (χ2n) is 6.82. The van der Waals surface area contributed by atoms with E-state index in [1.807, 2.05) is 12.3 Å². The van der Waals surface area contributed by atoms with Gasteiger partial charge in [-0.3, -0.25) is 0 Å². The molecule has 0 saturated heterocycles. The summed E-state index contributed by atoms with van der Waals surface area (Å²) in [7, 11) is 0. The molecule has 3 heteroatoms. The van der Waals surface area contributed by atoms with Crippen molar-refractivity contribution < 1.29 is 0 Å². The van der Waals surface area contributed by atoms with Crippen molar-refractivity contribution in [1.29, 1.82) is 0 Å². The number of nitrogens with one attached hydrogen (secondary N) is 1. The Morgan fingerprint density at radius 1 is 1.04 bits per heavy atom. The number of hydrogen-bond acceptors (Lipinski definition) is 1. The van der Waals surface area contributed by atoms with E-state index in [1.165, 1.54) is 16.5 Å². The van der Waals surface area contributed by atoms with Gasteiger partial charge < -0.3 is 5.10 Å². The molecule has 0 amide bonds. The van der Waals surface area contributed by atoms with E-state index in [9.17, 15) is 0 Å². The molecule has 1 aromatic heterocycles. The largest absolute Gasteiger partial charge is 0.321 e. The minimum absolute atomic E-state index is 0.500. The van der Waals surface area contributed by atoms with E-state index < -0.39 is 6.15 Å². The lowest BCUT2D eigenvalue weighted by molar-refractivity contribution is 0.868. The van der Waals surface area contributed by atoms with E-state index in [-0.39, 0.29) is 0 Å². The summed E-state index contributed by atoms with van der Waals surface area (Å²) >= 11 is 0. The number of hydrogen-bond donors (Lipinski definition) is 1. The Kier molecular flexibility index (Phi) is 4.70. The molecule has 1 heterocycles. The lowest BCUT2D eigenvalue weighted by atomic mass is 9.15. The highest BCUT2D eigenvalue weighted by atomic mass is 15.1. The predicted molar refractivity (Wildman–Crippen MR) is 105 cm³/mol. The minimum Gasteiger partial charge on any atom is -0.321 e. The van der Waals surface area contributed by atoms with Gasteiger partial charge in [0.25, 0.3) is 0 Å². The fourth-order valence-corrected chi connectivity index (χ4v) is 3.75. The summed E-state index contributed by atoms with van der Waals surface area (Å²) in [5.41, 5.74) is 5.15. The van der Waals surface area contributed by atoms with E-state index in [2.05, 4.69) is 91.3 Å². The van der Waals surface area contributed by atoms with Gasteiger partial charge in [-0.05, 0) is 11.5 Å². The summed E-state index contributed by atoms with van der Waals surface area (Å²) in [6.07, 6.45) is 3.58. The molecule has 0 bridgehead atoms. The highest BCUT2D eigenvalue weighted by Gasteiger charge is 2.30. The Morgan fingerprint density at radius 3 is 2.42 bits per heavy atom. The van der Waals surface area contributed by atoms with Crippen molar-refractivity contribution in [3.8, 4) is 0 Å². The molecule has 24 heavy (non-hydrogen) atoms. The molecule has 3 aromatic rings. The summed E-state index contributed by atoms with van der Waals surface area (Å²) in [5.74, 6) is 0.500. The lowest BCUT2D eigenvalue weighted by Crippen LogP contribution is -2.67. The molecule has 122 valence electrons. The van der Waals surface area contributed by atoms with Gasteiger partial charge in [-0.15, -0.1) is 24.6 Å². The van der Waals surface area contributed by atoms with Gasteiger partial charge in [0.15, 0.2) is 0 Å². The minimum atomic E-state index is -1.15. The summed E-state index contributed by atoms with van der Waals surface area (Å²) in [4.78, 5) is 0. The molecule has 1 unspecified atom stereocenters. The normalized spacial score (nSPS) is 13.6. The van der Waals surface area contributed by atoms with Crippen LogP contribution in [0.5, 0.6) is 0 Å². The zero-order valence-electron chi connectivity index (χ0n) is 14.4. The molecule has 0 fully saturated rings. The number of aromatic nitrogens is 2. The van der Waals surface area contributed by atoms with Crippen LogP contribution in [0, 0.1) is 0 Å². The molecule has 0 spiro atoms. The zero-order valence-corrected chi connectivity index (χ0v) is 14.4. The third-order valence-corrected chi connectivity index (χ3v) is 5.09. The van der Waals surface area contributed by atoms with Crippen LogP contribution in [-0.2, 0) is 0 Å². The monoisotopic (exact) mass is 315 g/mol. The van der Waals surface area contributed by atoms with Crippen LogP contribution in [-0.4, -0.2) is 16.3 Å². The number of rotatable bonds is 6. The lowest BCUT2D eigenvalue weighted by Gasteiger charge is -2.41. The molecular formula is C21H24BN2-. The molecule has 0 aliphatic rings. The summed E-state index contributed by atoms with van der Waals surface area (Å²) in [6.45, 7) is 8.52. The second kappa shape index (κ2) is 6.92. The summed E-state index contributed by atoms with van der Waals surface area (Å²) < 4.78 is 0. The molecule has 0 aliphatic carbocycles. The van der Waals surface area contributed by atoms with E-state index in [0.29, 0.717) is 5.92 Å². The second-order valence-corrected chi connectivity index (χ2v) is 6.82. The first-order valence-corrected chi connectivity index (χ1v) is 8.62. The quantitative estimate of drug-likeness (QED) is 0.549. The highest BCUT2D eigenvalue weighted by Crippen LogP contribution is 2.17. The molecule has 1 atom stereocenters. The molecule has 2 nitrogen and oxygen atoms in total. The fraction of sp³-hybridized carbons (Fsp3) is 0.190. The van der Waals surface area contributed by atoms with Crippen molar-refractivity contribution >= 4 is 22.7 Å². The maximum Gasteiger partial charge on any atom is 0.105 e. The number of H-pyrrole nitrogens is 1. The van der Waals surface area contributed by atoms with E-state index in [1.54, 1.807) is 0 Å². The molecule has 0 radical (unpaired) electrons. The topological polar surface area (TPSA) is 28.7 Å². The van der Waals surface area contributed by atoms with Crippen molar-refractivity contribution in [3.05, 3.63) is 85.1 Å². The first kappa shape index (κ1) is 16.3. The number of allylic oxidation sites excluding steroid dienone is 1. The van der Waals surface area contributed by atoms with Gasteiger partial charge >= 0.3 is 0 Å². The Labute approximate surface area is 144 Å². The number of benzene rings is 2. The van der Waals surface area contributed by atoms with Gasteiger partial charge in [-0.1, -0.05) is 74.5 Å². The third kappa shape index (κ3) is 2.82. The Balaban J connectivity index is 2.29. The summed E-state index contributed by atoms with van der Waals surface area (Å²) in [5, 5.41) is 7.47. The average Bonchev–Trinajstić information content (AvgIpc) is 3.15. The molecule has 0 saturated carbocycles. The van der Waals surface area contributed by atoms with Gasteiger partial charge in [-0.2, -0.15) is 16.0 Å². The van der Waals surface area contributed by atoms with E-state index >= 15 is 0 Å². The van der Waals surface area contributed by atoms with Crippen LogP contribution >= 0.6 is 0 Å². The standard InChI is InChI=1S/C21H24BN2/c1-4-14-22(21-13-15-23-24-21,19-10-6-5-7-11-19)20-12-8-9-18(16-20)17(2)3/h4-13,15-17H,1,14H2,2-3H3,(H,23,24)/q-1. The van der Waals surface area contributed by atoms with Crippen LogP contribution < -0.4 is 16.5 Å².